The molecule has 0 saturated heterocycles. The molecule has 1 atom stereocenters. The highest BCUT2D eigenvalue weighted by Gasteiger charge is 2.15. The number of allylic oxidation sites excluding steroid dienone is 2. The van der Waals surface area contributed by atoms with Crippen molar-refractivity contribution in [3.8, 4) is 11.5 Å². The lowest BCUT2D eigenvalue weighted by Crippen LogP contribution is -2.03. The van der Waals surface area contributed by atoms with E-state index in [1.165, 1.54) is 11.1 Å². The summed E-state index contributed by atoms with van der Waals surface area (Å²) in [5, 5.41) is 0.171. The van der Waals surface area contributed by atoms with Crippen molar-refractivity contribution in [2.75, 3.05) is 13.2 Å². The van der Waals surface area contributed by atoms with Crippen LogP contribution in [0.3, 0.4) is 0 Å². The van der Waals surface area contributed by atoms with Crippen LogP contribution in [-0.4, -0.2) is 18.6 Å². The molecule has 1 aromatic carbocycles. The Kier molecular flexibility index (Phi) is 3.46. The number of ether oxygens (including phenoxy) is 2. The summed E-state index contributed by atoms with van der Waals surface area (Å²) in [5.74, 6) is 1.72. The summed E-state index contributed by atoms with van der Waals surface area (Å²) in [4.78, 5) is 0. The van der Waals surface area contributed by atoms with Crippen LogP contribution in [-0.2, 0) is 0 Å². The van der Waals surface area contributed by atoms with Crippen LogP contribution in [0.2, 0.25) is 0 Å². The normalized spacial score (nSPS) is 23.2. The molecule has 1 heterocycles. The smallest absolute Gasteiger partial charge is 0.161 e. The van der Waals surface area contributed by atoms with Gasteiger partial charge < -0.3 is 9.47 Å². The van der Waals surface area contributed by atoms with Crippen molar-refractivity contribution in [3.05, 3.63) is 29.8 Å². The Morgan fingerprint density at radius 2 is 1.89 bits per heavy atom. The van der Waals surface area contributed by atoms with Gasteiger partial charge in [0, 0.05) is 6.42 Å². The van der Waals surface area contributed by atoms with E-state index in [-0.39, 0.29) is 5.38 Å². The molecule has 0 fully saturated rings. The second kappa shape index (κ2) is 5.23. The van der Waals surface area contributed by atoms with Gasteiger partial charge in [-0.05, 0) is 42.5 Å². The van der Waals surface area contributed by atoms with E-state index in [1.54, 1.807) is 0 Å². The summed E-state index contributed by atoms with van der Waals surface area (Å²) >= 11 is 6.20. The number of alkyl halides is 1. The first-order chi connectivity index (χ1) is 8.83. The van der Waals surface area contributed by atoms with Crippen LogP contribution in [0.15, 0.2) is 24.3 Å². The van der Waals surface area contributed by atoms with E-state index >= 15 is 0 Å². The molecule has 1 aliphatic carbocycles. The molecule has 0 amide bonds. The van der Waals surface area contributed by atoms with Gasteiger partial charge in [0.25, 0.3) is 0 Å². The molecule has 0 N–H and O–H groups in total. The van der Waals surface area contributed by atoms with E-state index in [4.69, 9.17) is 21.1 Å². The summed E-state index contributed by atoms with van der Waals surface area (Å²) < 4.78 is 11.4. The number of hydrogen-bond donors (Lipinski definition) is 0. The lowest BCUT2D eigenvalue weighted by atomic mass is 9.93. The van der Waals surface area contributed by atoms with Crippen LogP contribution < -0.4 is 9.47 Å². The number of benzene rings is 1. The predicted octanol–water partition coefficient (Wildman–Crippen LogP) is 4.02. The van der Waals surface area contributed by atoms with Crippen LogP contribution in [0.4, 0.5) is 0 Å². The summed E-state index contributed by atoms with van der Waals surface area (Å²) in [6.45, 7) is 1.46. The molecule has 1 aromatic rings. The van der Waals surface area contributed by atoms with Gasteiger partial charge in [-0.25, -0.2) is 0 Å². The monoisotopic (exact) mass is 264 g/mol. The second-order valence-electron chi connectivity index (χ2n) is 4.81. The maximum atomic E-state index is 6.20. The minimum absolute atomic E-state index is 0.171. The fourth-order valence-corrected chi connectivity index (χ4v) is 2.78. The van der Waals surface area contributed by atoms with Crippen molar-refractivity contribution in [2.24, 2.45) is 0 Å². The molecule has 3 heteroatoms. The minimum atomic E-state index is 0.171. The molecule has 0 aromatic heterocycles. The zero-order valence-corrected chi connectivity index (χ0v) is 11.1. The topological polar surface area (TPSA) is 18.5 Å². The molecule has 3 rings (SSSR count). The van der Waals surface area contributed by atoms with Crippen molar-refractivity contribution < 1.29 is 9.47 Å². The third kappa shape index (κ3) is 2.49. The highest BCUT2D eigenvalue weighted by atomic mass is 35.5. The fraction of sp³-hybridized carbons (Fsp3) is 0.467. The molecular weight excluding hydrogens is 248 g/mol. The molecule has 2 nitrogen and oxygen atoms in total. The van der Waals surface area contributed by atoms with Gasteiger partial charge in [0.15, 0.2) is 11.5 Å². The standard InChI is InChI=1S/C15H17ClO2/c16-13-4-1-3-11(9-13)12-5-6-14-15(10-12)18-8-2-7-17-14/h5-6,9-10,13H,1-4,7-8H2. The number of halogens is 1. The first kappa shape index (κ1) is 11.9. The second-order valence-corrected chi connectivity index (χ2v) is 5.37. The maximum Gasteiger partial charge on any atom is 0.161 e. The summed E-state index contributed by atoms with van der Waals surface area (Å²) in [6.07, 6.45) is 6.45. The minimum Gasteiger partial charge on any atom is -0.490 e. The SMILES string of the molecule is ClC1C=C(c2ccc3c(c2)OCCCO3)CCC1. The van der Waals surface area contributed by atoms with E-state index in [2.05, 4.69) is 18.2 Å². The Labute approximate surface area is 113 Å². The first-order valence-electron chi connectivity index (χ1n) is 6.58. The highest BCUT2D eigenvalue weighted by Crippen LogP contribution is 2.36. The summed E-state index contributed by atoms with van der Waals surface area (Å²) in [5.41, 5.74) is 2.54. The molecule has 1 aliphatic heterocycles. The van der Waals surface area contributed by atoms with Gasteiger partial charge in [0.1, 0.15) is 0 Å². The summed E-state index contributed by atoms with van der Waals surface area (Å²) in [7, 11) is 0. The average Bonchev–Trinajstić information content (AvgIpc) is 2.63. The van der Waals surface area contributed by atoms with Crippen LogP contribution in [0.25, 0.3) is 5.57 Å². The Balaban J connectivity index is 1.91. The van der Waals surface area contributed by atoms with E-state index in [0.29, 0.717) is 0 Å². The molecule has 0 bridgehead atoms. The van der Waals surface area contributed by atoms with Crippen LogP contribution in [0, 0.1) is 0 Å². The van der Waals surface area contributed by atoms with Crippen molar-refractivity contribution in [3.63, 3.8) is 0 Å². The molecular formula is C15H17ClO2. The molecule has 0 spiro atoms. The Hall–Kier alpha value is -1.15. The molecule has 2 aliphatic rings. The number of hydrogen-bond acceptors (Lipinski definition) is 2. The molecule has 1 unspecified atom stereocenters. The van der Waals surface area contributed by atoms with Gasteiger partial charge in [-0.2, -0.15) is 0 Å². The van der Waals surface area contributed by atoms with E-state index in [1.807, 2.05) is 6.07 Å². The predicted molar refractivity (Wildman–Crippen MR) is 73.5 cm³/mol. The number of fused-ring (bicyclic) bond motifs is 1. The van der Waals surface area contributed by atoms with Crippen molar-refractivity contribution >= 4 is 17.2 Å². The van der Waals surface area contributed by atoms with Gasteiger partial charge in [-0.15, -0.1) is 11.6 Å². The largest absolute Gasteiger partial charge is 0.490 e. The Morgan fingerprint density at radius 1 is 1.06 bits per heavy atom. The average molecular weight is 265 g/mol. The van der Waals surface area contributed by atoms with Gasteiger partial charge >= 0.3 is 0 Å². The Bertz CT molecular complexity index is 468. The van der Waals surface area contributed by atoms with Crippen molar-refractivity contribution in [1.29, 1.82) is 0 Å². The third-order valence-electron chi connectivity index (χ3n) is 3.43. The molecule has 18 heavy (non-hydrogen) atoms. The third-order valence-corrected chi connectivity index (χ3v) is 3.77. The molecule has 0 saturated carbocycles. The van der Waals surface area contributed by atoms with Crippen molar-refractivity contribution in [2.45, 2.75) is 31.1 Å². The fourth-order valence-electron chi connectivity index (χ4n) is 2.48. The zero-order valence-electron chi connectivity index (χ0n) is 10.3. The highest BCUT2D eigenvalue weighted by molar-refractivity contribution is 6.22. The molecule has 96 valence electrons. The van der Waals surface area contributed by atoms with Crippen LogP contribution in [0.5, 0.6) is 11.5 Å². The van der Waals surface area contributed by atoms with Crippen LogP contribution in [0.1, 0.15) is 31.2 Å². The first-order valence-corrected chi connectivity index (χ1v) is 7.01. The van der Waals surface area contributed by atoms with E-state index < -0.39 is 0 Å². The lowest BCUT2D eigenvalue weighted by Gasteiger charge is -2.17. The zero-order chi connectivity index (χ0) is 12.4. The van der Waals surface area contributed by atoms with Gasteiger partial charge in [-0.3, -0.25) is 0 Å². The van der Waals surface area contributed by atoms with Gasteiger partial charge in [0.05, 0.1) is 18.6 Å². The number of rotatable bonds is 1. The summed E-state index contributed by atoms with van der Waals surface area (Å²) in [6, 6.07) is 6.20. The molecule has 0 radical (unpaired) electrons. The van der Waals surface area contributed by atoms with Gasteiger partial charge in [-0.1, -0.05) is 12.1 Å². The van der Waals surface area contributed by atoms with Crippen LogP contribution >= 0.6 is 11.6 Å². The Morgan fingerprint density at radius 3 is 2.72 bits per heavy atom. The van der Waals surface area contributed by atoms with E-state index in [0.717, 1.165) is 50.4 Å². The quantitative estimate of drug-likeness (QED) is 0.713. The lowest BCUT2D eigenvalue weighted by molar-refractivity contribution is 0.297. The van der Waals surface area contributed by atoms with Crippen molar-refractivity contribution in [1.82, 2.24) is 0 Å². The van der Waals surface area contributed by atoms with E-state index in [9.17, 15) is 0 Å². The van der Waals surface area contributed by atoms with Gasteiger partial charge in [0.2, 0.25) is 0 Å². The maximum absolute atomic E-state index is 6.20.